The van der Waals surface area contributed by atoms with Gasteiger partial charge in [-0.25, -0.2) is 4.98 Å². The molecule has 2 aromatic heterocycles. The number of piperidine rings is 2. The zero-order valence-electron chi connectivity index (χ0n) is 15.2. The lowest BCUT2D eigenvalue weighted by Gasteiger charge is -2.50. The first kappa shape index (κ1) is 16.1. The van der Waals surface area contributed by atoms with Crippen LogP contribution in [0.1, 0.15) is 18.7 Å². The summed E-state index contributed by atoms with van der Waals surface area (Å²) in [5.74, 6) is 0.728. The van der Waals surface area contributed by atoms with Gasteiger partial charge in [-0.1, -0.05) is 24.4 Å². The minimum atomic E-state index is -0.192. The molecular weight excluding hydrogens is 327 g/mol. The molecule has 1 aromatic carbocycles. The molecule has 3 saturated heterocycles. The fraction of sp³-hybridized carbons (Fsp3) is 0.474. The number of rotatable bonds is 3. The lowest BCUT2D eigenvalue weighted by atomic mass is 9.73. The van der Waals surface area contributed by atoms with E-state index in [1.54, 1.807) is 0 Å². The average Bonchev–Trinajstić information content (AvgIpc) is 3.01. The Morgan fingerprint density at radius 3 is 2.88 bits per heavy atom. The van der Waals surface area contributed by atoms with Gasteiger partial charge in [0.1, 0.15) is 24.2 Å². The standard InChI is InChI=1S/C19H22BN4O2/c1-20-11-3-6-15-14(7-11)17-18(26-15)19(25)22-16(21-17)10-24-9-12-4-5-13(24)8-23(12)2/h3,6-7,12-13H,4-5,8-10H2,1-2H3,(H,21,22,25)/t12-,13-/m0/s1. The molecular formula is C19H22BN4O2. The molecule has 5 heterocycles. The highest BCUT2D eigenvalue weighted by Gasteiger charge is 2.37. The van der Waals surface area contributed by atoms with Crippen molar-refractivity contribution < 1.29 is 4.42 Å². The molecule has 1 radical (unpaired) electrons. The van der Waals surface area contributed by atoms with Gasteiger partial charge in [-0.3, -0.25) is 9.69 Å². The van der Waals surface area contributed by atoms with Crippen molar-refractivity contribution in [1.29, 1.82) is 0 Å². The second kappa shape index (κ2) is 5.96. The average molecular weight is 349 g/mol. The molecule has 3 aliphatic heterocycles. The number of H-pyrrole nitrogens is 1. The molecule has 0 spiro atoms. The van der Waals surface area contributed by atoms with Crippen molar-refractivity contribution in [2.75, 3.05) is 20.1 Å². The molecule has 0 aliphatic carbocycles. The third-order valence-corrected chi connectivity index (χ3v) is 6.00. The van der Waals surface area contributed by atoms with Crippen LogP contribution >= 0.6 is 0 Å². The van der Waals surface area contributed by atoms with Gasteiger partial charge in [-0.2, -0.15) is 0 Å². The number of likely N-dealkylation sites (N-methyl/N-ethyl adjacent to an activating group) is 1. The maximum Gasteiger partial charge on any atom is 0.294 e. The minimum Gasteiger partial charge on any atom is -0.449 e. The van der Waals surface area contributed by atoms with E-state index in [1.807, 2.05) is 32.3 Å². The molecule has 6 rings (SSSR count). The fourth-order valence-corrected chi connectivity index (χ4v) is 4.48. The van der Waals surface area contributed by atoms with Crippen molar-refractivity contribution in [3.8, 4) is 0 Å². The molecule has 0 unspecified atom stereocenters. The van der Waals surface area contributed by atoms with Crippen LogP contribution in [0.2, 0.25) is 6.82 Å². The predicted octanol–water partition coefficient (Wildman–Crippen LogP) is 1.33. The SMILES string of the molecule is C[B]c1ccc2oc3c(=O)[nH]c(CN4C[C@@H]5CC[C@H]4CN5C)nc3c2c1. The molecule has 133 valence electrons. The summed E-state index contributed by atoms with van der Waals surface area (Å²) in [6, 6.07) is 7.10. The van der Waals surface area contributed by atoms with Gasteiger partial charge in [-0.05, 0) is 26.0 Å². The van der Waals surface area contributed by atoms with E-state index in [9.17, 15) is 4.79 Å². The van der Waals surface area contributed by atoms with E-state index in [0.717, 1.165) is 29.8 Å². The number of aromatic amines is 1. The van der Waals surface area contributed by atoms with Gasteiger partial charge < -0.3 is 14.3 Å². The van der Waals surface area contributed by atoms with E-state index in [1.165, 1.54) is 12.8 Å². The van der Waals surface area contributed by atoms with Gasteiger partial charge in [-0.15, -0.1) is 0 Å². The lowest BCUT2D eigenvalue weighted by Crippen LogP contribution is -2.60. The van der Waals surface area contributed by atoms with Gasteiger partial charge >= 0.3 is 0 Å². The van der Waals surface area contributed by atoms with E-state index >= 15 is 0 Å². The monoisotopic (exact) mass is 349 g/mol. The van der Waals surface area contributed by atoms with Gasteiger partial charge in [0.25, 0.3) is 5.56 Å². The van der Waals surface area contributed by atoms with E-state index in [2.05, 4.69) is 21.8 Å². The van der Waals surface area contributed by atoms with Crippen LogP contribution in [0, 0.1) is 0 Å². The summed E-state index contributed by atoms with van der Waals surface area (Å²) in [6.45, 7) is 4.83. The van der Waals surface area contributed by atoms with Crippen LogP contribution in [0.5, 0.6) is 0 Å². The molecule has 3 fully saturated rings. The number of furan rings is 1. The van der Waals surface area contributed by atoms with Gasteiger partial charge in [0.15, 0.2) is 0 Å². The normalized spacial score (nSPS) is 23.9. The highest BCUT2D eigenvalue weighted by molar-refractivity contribution is 6.52. The van der Waals surface area contributed by atoms with Crippen LogP contribution < -0.4 is 11.0 Å². The smallest absolute Gasteiger partial charge is 0.294 e. The Balaban J connectivity index is 1.54. The molecule has 1 N–H and O–H groups in total. The van der Waals surface area contributed by atoms with Crippen molar-refractivity contribution in [2.24, 2.45) is 0 Å². The first-order chi connectivity index (χ1) is 12.6. The van der Waals surface area contributed by atoms with E-state index < -0.39 is 0 Å². The number of hydrogen-bond donors (Lipinski definition) is 1. The highest BCUT2D eigenvalue weighted by atomic mass is 16.3. The number of piperazine rings is 1. The van der Waals surface area contributed by atoms with Gasteiger partial charge in [0.2, 0.25) is 5.58 Å². The summed E-state index contributed by atoms with van der Waals surface area (Å²) in [7, 11) is 4.24. The summed E-state index contributed by atoms with van der Waals surface area (Å²) >= 11 is 0. The number of nitrogens with one attached hydrogen (secondary N) is 1. The quantitative estimate of drug-likeness (QED) is 0.723. The van der Waals surface area contributed by atoms with Crippen LogP contribution in [-0.2, 0) is 6.54 Å². The van der Waals surface area contributed by atoms with Crippen molar-refractivity contribution >= 4 is 34.8 Å². The Labute approximate surface area is 152 Å². The molecule has 2 atom stereocenters. The summed E-state index contributed by atoms with van der Waals surface area (Å²) in [6.07, 6.45) is 2.50. The second-order valence-electron chi connectivity index (χ2n) is 7.59. The van der Waals surface area contributed by atoms with E-state index in [0.29, 0.717) is 35.3 Å². The number of hydrogen-bond acceptors (Lipinski definition) is 5. The van der Waals surface area contributed by atoms with Crippen LogP contribution in [0.4, 0.5) is 0 Å². The Hall–Kier alpha value is -2.12. The van der Waals surface area contributed by atoms with Gasteiger partial charge in [0, 0.05) is 30.6 Å². The third kappa shape index (κ3) is 2.49. The van der Waals surface area contributed by atoms with Crippen molar-refractivity contribution in [3.05, 3.63) is 34.4 Å². The Morgan fingerprint density at radius 1 is 1.31 bits per heavy atom. The highest BCUT2D eigenvalue weighted by Crippen LogP contribution is 2.29. The molecule has 3 aromatic rings. The van der Waals surface area contributed by atoms with Crippen LogP contribution in [0.25, 0.3) is 22.1 Å². The molecule has 7 heteroatoms. The zero-order chi connectivity index (χ0) is 17.8. The third-order valence-electron chi connectivity index (χ3n) is 6.00. The maximum atomic E-state index is 12.6. The Bertz CT molecular complexity index is 1040. The number of aromatic nitrogens is 2. The number of benzene rings is 1. The Kier molecular flexibility index (Phi) is 3.69. The zero-order valence-corrected chi connectivity index (χ0v) is 15.2. The molecule has 26 heavy (non-hydrogen) atoms. The summed E-state index contributed by atoms with van der Waals surface area (Å²) in [5, 5.41) is 0.905. The van der Waals surface area contributed by atoms with Crippen LogP contribution in [-0.4, -0.2) is 59.3 Å². The van der Waals surface area contributed by atoms with Crippen molar-refractivity contribution in [3.63, 3.8) is 0 Å². The molecule has 0 amide bonds. The Morgan fingerprint density at radius 2 is 2.15 bits per heavy atom. The largest absolute Gasteiger partial charge is 0.449 e. The van der Waals surface area contributed by atoms with Crippen molar-refractivity contribution in [2.45, 2.75) is 38.3 Å². The molecule has 6 nitrogen and oxygen atoms in total. The molecule has 3 aliphatic rings. The summed E-state index contributed by atoms with van der Waals surface area (Å²) < 4.78 is 5.75. The second-order valence-corrected chi connectivity index (χ2v) is 7.59. The maximum absolute atomic E-state index is 12.6. The first-order valence-electron chi connectivity index (χ1n) is 9.31. The van der Waals surface area contributed by atoms with Gasteiger partial charge in [0.05, 0.1) is 6.54 Å². The topological polar surface area (TPSA) is 65.4 Å². The summed E-state index contributed by atoms with van der Waals surface area (Å²) in [5.41, 5.74) is 2.60. The fourth-order valence-electron chi connectivity index (χ4n) is 4.48. The summed E-state index contributed by atoms with van der Waals surface area (Å²) in [4.78, 5) is 25.2. The minimum absolute atomic E-state index is 0.192. The van der Waals surface area contributed by atoms with Crippen LogP contribution in [0.3, 0.4) is 0 Å². The molecule has 0 saturated carbocycles. The lowest BCUT2D eigenvalue weighted by molar-refractivity contribution is -0.0123. The first-order valence-corrected chi connectivity index (χ1v) is 9.31. The van der Waals surface area contributed by atoms with Crippen molar-refractivity contribution in [1.82, 2.24) is 19.8 Å². The van der Waals surface area contributed by atoms with Crippen LogP contribution in [0.15, 0.2) is 27.4 Å². The van der Waals surface area contributed by atoms with E-state index in [-0.39, 0.29) is 5.56 Å². The number of nitrogens with zero attached hydrogens (tertiary/aromatic N) is 3. The van der Waals surface area contributed by atoms with E-state index in [4.69, 9.17) is 9.40 Å². The molecule has 2 bridgehead atoms. The predicted molar refractivity (Wildman–Crippen MR) is 103 cm³/mol. The number of fused-ring (bicyclic) bond motifs is 6.